The number of hydrogen-bond donors (Lipinski definition) is 2. The average molecular weight is 351 g/mol. The van der Waals surface area contributed by atoms with E-state index in [0.717, 1.165) is 0 Å². The fraction of sp³-hybridized carbons (Fsp3) is 0. The van der Waals surface area contributed by atoms with Crippen molar-refractivity contribution in [2.45, 2.75) is 0 Å². The van der Waals surface area contributed by atoms with Crippen LogP contribution in [-0.2, 0) is 0 Å². The average Bonchev–Trinajstić information content (AvgIpc) is 2.90. The maximum absolute atomic E-state index is 13.3. The molecule has 0 radical (unpaired) electrons. The molecule has 2 aromatic carbocycles. The molecule has 0 aliphatic carbocycles. The molecule has 1 aromatic heterocycles. The molecular weight excluding hydrogens is 343 g/mol. The first-order valence-electron chi connectivity index (χ1n) is 5.86. The molecule has 0 spiro atoms. The van der Waals surface area contributed by atoms with Crippen molar-refractivity contribution in [2.75, 3.05) is 0 Å². The molecule has 3 rings (SSSR count). The second-order valence-corrected chi connectivity index (χ2v) is 5.07. The van der Waals surface area contributed by atoms with E-state index in [0.29, 0.717) is 10.0 Å². The summed E-state index contributed by atoms with van der Waals surface area (Å²) in [6, 6.07) is 8.33. The number of hydrogen-bond acceptors (Lipinski definition) is 5. The largest absolute Gasteiger partial charge is 0.507 e. The van der Waals surface area contributed by atoms with Gasteiger partial charge in [0, 0.05) is 10.0 Å². The van der Waals surface area contributed by atoms with Gasteiger partial charge in [0.15, 0.2) is 0 Å². The topological polar surface area (TPSA) is 79.4 Å². The Bertz CT molecular complexity index is 799. The lowest BCUT2D eigenvalue weighted by Crippen LogP contribution is -1.85. The number of phenols is 2. The van der Waals surface area contributed by atoms with Crippen molar-refractivity contribution in [3.8, 4) is 34.3 Å². The van der Waals surface area contributed by atoms with Crippen LogP contribution in [0.4, 0.5) is 4.39 Å². The standard InChI is InChI=1S/C14H8BrFN2O3/c15-9-5-4-7(16)6-8(9)13-17-14(21-18-13)12-10(19)2-1-3-11(12)20/h1-6,19-20H. The molecule has 0 aliphatic rings. The second-order valence-electron chi connectivity index (χ2n) is 4.22. The molecule has 0 amide bonds. The van der Waals surface area contributed by atoms with Crippen LogP contribution in [0.15, 0.2) is 45.4 Å². The highest BCUT2D eigenvalue weighted by molar-refractivity contribution is 9.10. The van der Waals surface area contributed by atoms with E-state index in [1.54, 1.807) is 0 Å². The minimum Gasteiger partial charge on any atom is -0.507 e. The molecule has 1 heterocycles. The maximum atomic E-state index is 13.3. The normalized spacial score (nSPS) is 10.8. The van der Waals surface area contributed by atoms with E-state index in [2.05, 4.69) is 26.1 Å². The van der Waals surface area contributed by atoms with E-state index >= 15 is 0 Å². The molecule has 0 saturated heterocycles. The number of halogens is 2. The summed E-state index contributed by atoms with van der Waals surface area (Å²) in [5, 5.41) is 23.3. The van der Waals surface area contributed by atoms with Crippen LogP contribution in [0.5, 0.6) is 11.5 Å². The molecule has 0 aliphatic heterocycles. The molecule has 0 atom stereocenters. The number of benzene rings is 2. The summed E-state index contributed by atoms with van der Waals surface area (Å²) in [5.74, 6) is -0.743. The van der Waals surface area contributed by atoms with Gasteiger partial charge in [0.1, 0.15) is 22.9 Å². The molecule has 0 unspecified atom stereocenters. The van der Waals surface area contributed by atoms with Gasteiger partial charge >= 0.3 is 0 Å². The monoisotopic (exact) mass is 350 g/mol. The minimum absolute atomic E-state index is 0.0313. The Hall–Kier alpha value is -2.41. The number of aromatic hydroxyl groups is 2. The van der Waals surface area contributed by atoms with Crippen molar-refractivity contribution in [2.24, 2.45) is 0 Å². The number of phenolic OH excluding ortho intramolecular Hbond substituents is 2. The number of rotatable bonds is 2. The summed E-state index contributed by atoms with van der Waals surface area (Å²) in [4.78, 5) is 4.08. The van der Waals surface area contributed by atoms with Crippen LogP contribution in [0.2, 0.25) is 0 Å². The van der Waals surface area contributed by atoms with E-state index in [1.807, 2.05) is 0 Å². The molecular formula is C14H8BrFN2O3. The van der Waals surface area contributed by atoms with Crippen molar-refractivity contribution in [1.29, 1.82) is 0 Å². The van der Waals surface area contributed by atoms with E-state index in [-0.39, 0.29) is 28.8 Å². The Labute approximate surface area is 126 Å². The molecule has 0 saturated carbocycles. The zero-order valence-corrected chi connectivity index (χ0v) is 12.0. The summed E-state index contributed by atoms with van der Waals surface area (Å²) < 4.78 is 18.9. The van der Waals surface area contributed by atoms with Crippen LogP contribution in [0, 0.1) is 5.82 Å². The first-order chi connectivity index (χ1) is 10.1. The van der Waals surface area contributed by atoms with Crippen molar-refractivity contribution < 1.29 is 19.1 Å². The highest BCUT2D eigenvalue weighted by atomic mass is 79.9. The van der Waals surface area contributed by atoms with E-state index in [9.17, 15) is 14.6 Å². The Balaban J connectivity index is 2.10. The summed E-state index contributed by atoms with van der Waals surface area (Å²) >= 11 is 3.27. The van der Waals surface area contributed by atoms with Crippen molar-refractivity contribution >= 4 is 15.9 Å². The predicted molar refractivity (Wildman–Crippen MR) is 76.2 cm³/mol. The van der Waals surface area contributed by atoms with Crippen LogP contribution in [0.1, 0.15) is 0 Å². The molecule has 2 N–H and O–H groups in total. The first kappa shape index (κ1) is 13.6. The van der Waals surface area contributed by atoms with Gasteiger partial charge in [-0.3, -0.25) is 0 Å². The van der Waals surface area contributed by atoms with Gasteiger partial charge in [-0.2, -0.15) is 4.98 Å². The molecule has 5 nitrogen and oxygen atoms in total. The lowest BCUT2D eigenvalue weighted by molar-refractivity contribution is 0.416. The SMILES string of the molecule is Oc1cccc(O)c1-c1nc(-c2cc(F)ccc2Br)no1. The van der Waals surface area contributed by atoms with Crippen molar-refractivity contribution in [3.05, 3.63) is 46.7 Å². The molecule has 21 heavy (non-hydrogen) atoms. The van der Waals surface area contributed by atoms with Crippen molar-refractivity contribution in [1.82, 2.24) is 10.1 Å². The highest BCUT2D eigenvalue weighted by Gasteiger charge is 2.19. The predicted octanol–water partition coefficient (Wildman–Crippen LogP) is 3.72. The molecule has 0 fully saturated rings. The Morgan fingerprint density at radius 1 is 1.10 bits per heavy atom. The Morgan fingerprint density at radius 3 is 2.52 bits per heavy atom. The van der Waals surface area contributed by atoms with E-state index in [1.165, 1.54) is 36.4 Å². The van der Waals surface area contributed by atoms with Crippen LogP contribution in [-0.4, -0.2) is 20.4 Å². The maximum Gasteiger partial charge on any atom is 0.265 e. The second kappa shape index (κ2) is 5.17. The third kappa shape index (κ3) is 2.47. The molecule has 0 bridgehead atoms. The van der Waals surface area contributed by atoms with Crippen LogP contribution < -0.4 is 0 Å². The number of nitrogens with zero attached hydrogens (tertiary/aromatic N) is 2. The third-order valence-corrected chi connectivity index (χ3v) is 3.52. The van der Waals surface area contributed by atoms with Crippen LogP contribution in [0.25, 0.3) is 22.8 Å². The minimum atomic E-state index is -0.440. The van der Waals surface area contributed by atoms with Gasteiger partial charge in [-0.05, 0) is 30.3 Å². The summed E-state index contributed by atoms with van der Waals surface area (Å²) in [6.07, 6.45) is 0. The van der Waals surface area contributed by atoms with Gasteiger partial charge in [0.05, 0.1) is 0 Å². The van der Waals surface area contributed by atoms with Crippen LogP contribution in [0.3, 0.4) is 0 Å². The summed E-state index contributed by atoms with van der Waals surface area (Å²) in [5.41, 5.74) is 0.434. The molecule has 7 heteroatoms. The third-order valence-electron chi connectivity index (χ3n) is 2.83. The van der Waals surface area contributed by atoms with Gasteiger partial charge in [0.2, 0.25) is 5.82 Å². The quantitative estimate of drug-likeness (QED) is 0.736. The van der Waals surface area contributed by atoms with Gasteiger partial charge in [-0.1, -0.05) is 27.2 Å². The summed E-state index contributed by atoms with van der Waals surface area (Å²) in [6.45, 7) is 0. The van der Waals surface area contributed by atoms with Gasteiger partial charge in [-0.25, -0.2) is 4.39 Å². The van der Waals surface area contributed by atoms with Gasteiger partial charge in [0.25, 0.3) is 5.89 Å². The fourth-order valence-corrected chi connectivity index (χ4v) is 2.27. The van der Waals surface area contributed by atoms with E-state index < -0.39 is 5.82 Å². The molecule has 3 aromatic rings. The van der Waals surface area contributed by atoms with E-state index in [4.69, 9.17) is 4.52 Å². The van der Waals surface area contributed by atoms with Crippen molar-refractivity contribution in [3.63, 3.8) is 0 Å². The smallest absolute Gasteiger partial charge is 0.265 e. The lowest BCUT2D eigenvalue weighted by atomic mass is 10.1. The summed E-state index contributed by atoms with van der Waals surface area (Å²) in [7, 11) is 0. The lowest BCUT2D eigenvalue weighted by Gasteiger charge is -2.01. The molecule has 106 valence electrons. The highest BCUT2D eigenvalue weighted by Crippen LogP contribution is 2.37. The van der Waals surface area contributed by atoms with Gasteiger partial charge in [-0.15, -0.1) is 0 Å². The zero-order valence-electron chi connectivity index (χ0n) is 10.4. The first-order valence-corrected chi connectivity index (χ1v) is 6.66. The zero-order chi connectivity index (χ0) is 15.0. The Morgan fingerprint density at radius 2 is 1.81 bits per heavy atom. The number of aromatic nitrogens is 2. The van der Waals surface area contributed by atoms with Gasteiger partial charge < -0.3 is 14.7 Å². The Kier molecular flexibility index (Phi) is 3.34. The van der Waals surface area contributed by atoms with Crippen LogP contribution >= 0.6 is 15.9 Å². The fourth-order valence-electron chi connectivity index (χ4n) is 1.85.